The molecule has 0 atom stereocenters. The molecule has 1 aliphatic rings. The van der Waals surface area contributed by atoms with Crippen molar-refractivity contribution in [3.8, 4) is 0 Å². The van der Waals surface area contributed by atoms with Crippen molar-refractivity contribution in [3.05, 3.63) is 106 Å². The number of hydrogen-bond acceptors (Lipinski definition) is 3. The van der Waals surface area contributed by atoms with E-state index in [0.717, 1.165) is 21.2 Å². The van der Waals surface area contributed by atoms with Crippen molar-refractivity contribution >= 4 is 56.8 Å². The molecule has 0 spiro atoms. The Balaban J connectivity index is 1.72. The van der Waals surface area contributed by atoms with E-state index >= 15 is 0 Å². The summed E-state index contributed by atoms with van der Waals surface area (Å²) >= 11 is 8.83. The number of anilines is 1. The number of carbonyl (C=O) groups excluding carboxylic acids is 2. The van der Waals surface area contributed by atoms with Crippen LogP contribution in [0.4, 0.5) is 5.69 Å². The van der Waals surface area contributed by atoms with E-state index in [4.69, 9.17) is 12.2 Å². The van der Waals surface area contributed by atoms with Crippen molar-refractivity contribution in [3.63, 3.8) is 0 Å². The lowest BCUT2D eigenvalue weighted by atomic mass is 9.97. The summed E-state index contributed by atoms with van der Waals surface area (Å²) in [5, 5.41) is 2.71. The van der Waals surface area contributed by atoms with E-state index in [1.165, 1.54) is 4.90 Å². The van der Waals surface area contributed by atoms with Gasteiger partial charge in [-0.3, -0.25) is 19.8 Å². The Morgan fingerprint density at radius 1 is 0.867 bits per heavy atom. The van der Waals surface area contributed by atoms with E-state index in [2.05, 4.69) is 21.2 Å². The van der Waals surface area contributed by atoms with Gasteiger partial charge in [0.25, 0.3) is 11.8 Å². The molecule has 0 saturated carbocycles. The predicted octanol–water partition coefficient (Wildman–Crippen LogP) is 4.87. The van der Waals surface area contributed by atoms with Crippen molar-refractivity contribution < 1.29 is 9.59 Å². The number of rotatable bonds is 4. The van der Waals surface area contributed by atoms with Gasteiger partial charge in [0.05, 0.1) is 5.69 Å². The number of benzene rings is 3. The molecule has 2 amide bonds. The van der Waals surface area contributed by atoms with Crippen LogP contribution < -0.4 is 10.2 Å². The highest BCUT2D eigenvalue weighted by Crippen LogP contribution is 2.25. The fourth-order valence-electron chi connectivity index (χ4n) is 3.31. The lowest BCUT2D eigenvalue weighted by Gasteiger charge is -2.29. The number of nitrogens with zero attached hydrogens (tertiary/aromatic N) is 1. The maximum Gasteiger partial charge on any atom is 0.270 e. The molecule has 30 heavy (non-hydrogen) atoms. The Kier molecular flexibility index (Phi) is 5.88. The molecule has 148 valence electrons. The van der Waals surface area contributed by atoms with Crippen LogP contribution in [0.5, 0.6) is 0 Å². The van der Waals surface area contributed by atoms with E-state index in [1.807, 2.05) is 66.7 Å². The first-order valence-electron chi connectivity index (χ1n) is 9.32. The topological polar surface area (TPSA) is 49.4 Å². The molecule has 0 radical (unpaired) electrons. The zero-order chi connectivity index (χ0) is 21.1. The lowest BCUT2D eigenvalue weighted by Crippen LogP contribution is -2.54. The van der Waals surface area contributed by atoms with Crippen molar-refractivity contribution in [1.82, 2.24) is 5.32 Å². The summed E-state index contributed by atoms with van der Waals surface area (Å²) in [6.07, 6.45) is 2.31. The van der Waals surface area contributed by atoms with Crippen molar-refractivity contribution in [2.24, 2.45) is 0 Å². The first kappa shape index (κ1) is 20.2. The Morgan fingerprint density at radius 2 is 1.50 bits per heavy atom. The van der Waals surface area contributed by atoms with Crippen molar-refractivity contribution in [2.45, 2.75) is 6.42 Å². The van der Waals surface area contributed by atoms with Crippen LogP contribution in [0.25, 0.3) is 6.08 Å². The Bertz CT molecular complexity index is 1170. The predicted molar refractivity (Wildman–Crippen MR) is 126 cm³/mol. The van der Waals surface area contributed by atoms with Gasteiger partial charge in [-0.2, -0.15) is 0 Å². The third-order valence-corrected chi connectivity index (χ3v) is 5.87. The second kappa shape index (κ2) is 8.73. The molecule has 1 saturated heterocycles. The minimum Gasteiger partial charge on any atom is -0.298 e. The van der Waals surface area contributed by atoms with Crippen LogP contribution in [-0.2, 0) is 16.0 Å². The Morgan fingerprint density at radius 3 is 2.23 bits per heavy atom. The Hall–Kier alpha value is -3.09. The summed E-state index contributed by atoms with van der Waals surface area (Å²) in [7, 11) is 0. The average Bonchev–Trinajstić information content (AvgIpc) is 2.74. The van der Waals surface area contributed by atoms with Gasteiger partial charge < -0.3 is 0 Å². The normalized spacial score (nSPS) is 15.4. The number of carbonyl (C=O) groups is 2. The highest BCUT2D eigenvalue weighted by molar-refractivity contribution is 9.10. The molecule has 0 aliphatic carbocycles. The van der Waals surface area contributed by atoms with Gasteiger partial charge in [-0.1, -0.05) is 76.6 Å². The molecule has 1 N–H and O–H groups in total. The minimum atomic E-state index is -0.493. The molecule has 4 rings (SSSR count). The van der Waals surface area contributed by atoms with Crippen LogP contribution in [0, 0.1) is 0 Å². The average molecular weight is 477 g/mol. The molecule has 0 aromatic heterocycles. The number of thiocarbonyl (C=S) groups is 1. The van der Waals surface area contributed by atoms with E-state index in [9.17, 15) is 9.59 Å². The van der Waals surface area contributed by atoms with Gasteiger partial charge in [0.1, 0.15) is 5.57 Å². The zero-order valence-electron chi connectivity index (χ0n) is 15.8. The summed E-state index contributed by atoms with van der Waals surface area (Å²) in [5.41, 5.74) is 3.60. The molecule has 6 heteroatoms. The molecule has 0 bridgehead atoms. The van der Waals surface area contributed by atoms with Crippen molar-refractivity contribution in [1.29, 1.82) is 0 Å². The fourth-order valence-corrected chi connectivity index (χ4v) is 4.01. The summed E-state index contributed by atoms with van der Waals surface area (Å²) in [6.45, 7) is 0. The third kappa shape index (κ3) is 4.10. The van der Waals surface area contributed by atoms with E-state index in [0.29, 0.717) is 12.1 Å². The number of halogens is 1. The van der Waals surface area contributed by atoms with Crippen LogP contribution in [-0.4, -0.2) is 16.9 Å². The fraction of sp³-hybridized carbons (Fsp3) is 0.0417. The van der Waals surface area contributed by atoms with Gasteiger partial charge in [-0.25, -0.2) is 0 Å². The molecule has 3 aromatic carbocycles. The smallest absolute Gasteiger partial charge is 0.270 e. The number of amides is 2. The molecule has 1 fully saturated rings. The van der Waals surface area contributed by atoms with E-state index < -0.39 is 11.8 Å². The first-order valence-corrected chi connectivity index (χ1v) is 10.5. The lowest BCUT2D eigenvalue weighted by molar-refractivity contribution is -0.122. The maximum atomic E-state index is 13.2. The number of hydrogen-bond donors (Lipinski definition) is 1. The summed E-state index contributed by atoms with van der Waals surface area (Å²) in [6, 6.07) is 24.8. The monoisotopic (exact) mass is 476 g/mol. The molecule has 3 aromatic rings. The second-order valence-corrected chi connectivity index (χ2v) is 8.00. The molecular formula is C24H17BrN2O2S. The summed E-state index contributed by atoms with van der Waals surface area (Å²) < 4.78 is 1.01. The summed E-state index contributed by atoms with van der Waals surface area (Å²) in [5.74, 6) is -0.932. The van der Waals surface area contributed by atoms with Crippen LogP contribution in [0.3, 0.4) is 0 Å². The van der Waals surface area contributed by atoms with Gasteiger partial charge in [0.15, 0.2) is 5.11 Å². The van der Waals surface area contributed by atoms with E-state index in [-0.39, 0.29) is 10.7 Å². The quantitative estimate of drug-likeness (QED) is 0.332. The third-order valence-electron chi connectivity index (χ3n) is 4.81. The first-order chi connectivity index (χ1) is 14.5. The summed E-state index contributed by atoms with van der Waals surface area (Å²) in [4.78, 5) is 27.1. The van der Waals surface area contributed by atoms with Gasteiger partial charge in [0, 0.05) is 4.47 Å². The van der Waals surface area contributed by atoms with Crippen LogP contribution in [0.2, 0.25) is 0 Å². The maximum absolute atomic E-state index is 13.2. The Labute approximate surface area is 188 Å². The van der Waals surface area contributed by atoms with Gasteiger partial charge in [-0.15, -0.1) is 0 Å². The number of nitrogens with one attached hydrogen (secondary N) is 1. The highest BCUT2D eigenvalue weighted by Gasteiger charge is 2.34. The van der Waals surface area contributed by atoms with Crippen LogP contribution >= 0.6 is 28.1 Å². The SMILES string of the molecule is O=C1NC(=S)N(c2ccccc2)C(=O)/C1=C\c1ccccc1Cc1ccccc1Br. The zero-order valence-corrected chi connectivity index (χ0v) is 18.2. The van der Waals surface area contributed by atoms with Crippen molar-refractivity contribution in [2.75, 3.05) is 4.90 Å². The van der Waals surface area contributed by atoms with Gasteiger partial charge in [0.2, 0.25) is 0 Å². The van der Waals surface area contributed by atoms with E-state index in [1.54, 1.807) is 18.2 Å². The van der Waals surface area contributed by atoms with Gasteiger partial charge >= 0.3 is 0 Å². The largest absolute Gasteiger partial charge is 0.298 e. The van der Waals surface area contributed by atoms with Crippen LogP contribution in [0.1, 0.15) is 16.7 Å². The molecule has 4 nitrogen and oxygen atoms in total. The minimum absolute atomic E-state index is 0.0482. The highest BCUT2D eigenvalue weighted by atomic mass is 79.9. The second-order valence-electron chi connectivity index (χ2n) is 6.76. The molecule has 1 heterocycles. The standard InChI is InChI=1S/C24H17BrN2O2S/c25-21-13-7-6-10-18(21)14-16-8-4-5-9-17(16)15-20-22(28)26-24(30)27(23(20)29)19-11-2-1-3-12-19/h1-13,15H,14H2,(H,26,28,30)/b20-15-. The van der Waals surface area contributed by atoms with Gasteiger partial charge in [-0.05, 0) is 59.6 Å². The number of para-hydroxylation sites is 1. The molecule has 0 unspecified atom stereocenters. The molecule has 1 aliphatic heterocycles. The van der Waals surface area contributed by atoms with Crippen LogP contribution in [0.15, 0.2) is 88.9 Å². The molecular weight excluding hydrogens is 460 g/mol.